The van der Waals surface area contributed by atoms with Crippen molar-refractivity contribution in [3.8, 4) is 11.3 Å². The van der Waals surface area contributed by atoms with Gasteiger partial charge in [0.05, 0.1) is 18.8 Å². The summed E-state index contributed by atoms with van der Waals surface area (Å²) >= 11 is 6.05. The van der Waals surface area contributed by atoms with Crippen molar-refractivity contribution in [3.63, 3.8) is 0 Å². The molecule has 1 aromatic carbocycles. The number of nitrogens with zero attached hydrogens (tertiary/aromatic N) is 3. The van der Waals surface area contributed by atoms with E-state index in [2.05, 4.69) is 15.4 Å². The van der Waals surface area contributed by atoms with Gasteiger partial charge in [0.2, 0.25) is 0 Å². The first-order valence-corrected chi connectivity index (χ1v) is 7.71. The number of pyridine rings is 1. The minimum atomic E-state index is 0.0260. The largest absolute Gasteiger partial charge is 0.394 e. The molecule has 0 unspecified atom stereocenters. The van der Waals surface area contributed by atoms with Crippen LogP contribution in [-0.4, -0.2) is 26.5 Å². The number of aromatic nitrogens is 3. The molecule has 0 radical (unpaired) electrons. The van der Waals surface area contributed by atoms with E-state index in [1.165, 1.54) is 0 Å². The summed E-state index contributed by atoms with van der Waals surface area (Å²) in [6, 6.07) is 13.4. The minimum absolute atomic E-state index is 0.0260. The Morgan fingerprint density at radius 3 is 2.83 bits per heavy atom. The SMILES string of the molecule is OCCn1nc(-c2cccc(Cl)c2)cc1NCc1cccnc1. The highest BCUT2D eigenvalue weighted by atomic mass is 35.5. The Morgan fingerprint density at radius 1 is 1.17 bits per heavy atom. The molecule has 0 aliphatic heterocycles. The van der Waals surface area contributed by atoms with Gasteiger partial charge in [-0.3, -0.25) is 4.98 Å². The van der Waals surface area contributed by atoms with E-state index in [0.29, 0.717) is 18.1 Å². The van der Waals surface area contributed by atoms with Gasteiger partial charge in [-0.25, -0.2) is 4.68 Å². The van der Waals surface area contributed by atoms with Crippen molar-refractivity contribution in [2.45, 2.75) is 13.1 Å². The number of anilines is 1. The molecule has 0 aliphatic carbocycles. The van der Waals surface area contributed by atoms with Gasteiger partial charge >= 0.3 is 0 Å². The van der Waals surface area contributed by atoms with Crippen LogP contribution in [0.2, 0.25) is 5.02 Å². The summed E-state index contributed by atoms with van der Waals surface area (Å²) in [5, 5.41) is 17.8. The average Bonchev–Trinajstić information content (AvgIpc) is 2.97. The first-order valence-electron chi connectivity index (χ1n) is 7.33. The number of benzene rings is 1. The number of aliphatic hydroxyl groups excluding tert-OH is 1. The van der Waals surface area contributed by atoms with E-state index in [-0.39, 0.29) is 6.61 Å². The fraction of sp³-hybridized carbons (Fsp3) is 0.176. The fourth-order valence-electron chi connectivity index (χ4n) is 2.31. The van der Waals surface area contributed by atoms with Gasteiger partial charge in [-0.15, -0.1) is 0 Å². The highest BCUT2D eigenvalue weighted by Gasteiger charge is 2.09. The maximum absolute atomic E-state index is 9.23. The molecule has 0 fully saturated rings. The predicted molar refractivity (Wildman–Crippen MR) is 91.3 cm³/mol. The van der Waals surface area contributed by atoms with E-state index in [0.717, 1.165) is 22.6 Å². The zero-order valence-electron chi connectivity index (χ0n) is 12.5. The number of nitrogens with one attached hydrogen (secondary N) is 1. The number of aliphatic hydroxyl groups is 1. The molecule has 2 heterocycles. The van der Waals surface area contributed by atoms with Gasteiger partial charge in [0.25, 0.3) is 0 Å². The van der Waals surface area contributed by atoms with Gasteiger partial charge in [-0.2, -0.15) is 5.10 Å². The molecule has 0 spiro atoms. The van der Waals surface area contributed by atoms with Crippen molar-refractivity contribution in [1.29, 1.82) is 0 Å². The van der Waals surface area contributed by atoms with Crippen molar-refractivity contribution in [3.05, 3.63) is 65.4 Å². The van der Waals surface area contributed by atoms with Crippen LogP contribution < -0.4 is 5.32 Å². The molecule has 6 heteroatoms. The second kappa shape index (κ2) is 7.26. The van der Waals surface area contributed by atoms with E-state index in [9.17, 15) is 5.11 Å². The van der Waals surface area contributed by atoms with Crippen LogP contribution in [0.3, 0.4) is 0 Å². The van der Waals surface area contributed by atoms with Gasteiger partial charge in [0.15, 0.2) is 0 Å². The van der Waals surface area contributed by atoms with Gasteiger partial charge < -0.3 is 10.4 Å². The van der Waals surface area contributed by atoms with E-state index >= 15 is 0 Å². The minimum Gasteiger partial charge on any atom is -0.394 e. The standard InChI is InChI=1S/C17H17ClN4O/c18-15-5-1-4-14(9-15)16-10-17(22(21-16)7-8-23)20-12-13-3-2-6-19-11-13/h1-6,9-11,20,23H,7-8,12H2. The first-order chi connectivity index (χ1) is 11.3. The molecule has 118 valence electrons. The summed E-state index contributed by atoms with van der Waals surface area (Å²) in [5.41, 5.74) is 2.84. The van der Waals surface area contributed by atoms with Crippen LogP contribution in [0.1, 0.15) is 5.56 Å². The summed E-state index contributed by atoms with van der Waals surface area (Å²) in [7, 11) is 0. The Bertz CT molecular complexity index is 773. The maximum atomic E-state index is 9.23. The predicted octanol–water partition coefficient (Wildman–Crippen LogP) is 3.20. The lowest BCUT2D eigenvalue weighted by Gasteiger charge is -2.08. The molecule has 23 heavy (non-hydrogen) atoms. The Labute approximate surface area is 139 Å². The zero-order chi connectivity index (χ0) is 16.1. The van der Waals surface area contributed by atoms with Crippen LogP contribution in [0.5, 0.6) is 0 Å². The molecule has 0 amide bonds. The lowest BCUT2D eigenvalue weighted by molar-refractivity contribution is 0.270. The summed E-state index contributed by atoms with van der Waals surface area (Å²) in [4.78, 5) is 4.10. The Morgan fingerprint density at radius 2 is 2.09 bits per heavy atom. The molecule has 0 atom stereocenters. The van der Waals surface area contributed by atoms with Crippen molar-refractivity contribution in [1.82, 2.24) is 14.8 Å². The monoisotopic (exact) mass is 328 g/mol. The number of hydrogen-bond donors (Lipinski definition) is 2. The zero-order valence-corrected chi connectivity index (χ0v) is 13.2. The third-order valence-corrected chi connectivity index (χ3v) is 3.64. The van der Waals surface area contributed by atoms with Crippen molar-refractivity contribution >= 4 is 17.4 Å². The van der Waals surface area contributed by atoms with E-state index in [1.807, 2.05) is 48.7 Å². The Balaban J connectivity index is 1.84. The van der Waals surface area contributed by atoms with Crippen LogP contribution in [-0.2, 0) is 13.1 Å². The summed E-state index contributed by atoms with van der Waals surface area (Å²) in [6.07, 6.45) is 3.56. The first kappa shape index (κ1) is 15.5. The topological polar surface area (TPSA) is 63.0 Å². The molecule has 3 aromatic rings. The summed E-state index contributed by atoms with van der Waals surface area (Å²) in [6.45, 7) is 1.09. The Hall–Kier alpha value is -2.37. The second-order valence-electron chi connectivity index (χ2n) is 5.09. The normalized spacial score (nSPS) is 10.7. The maximum Gasteiger partial charge on any atom is 0.125 e. The molecule has 3 rings (SSSR count). The van der Waals surface area contributed by atoms with Gasteiger partial charge in [0.1, 0.15) is 5.82 Å². The van der Waals surface area contributed by atoms with E-state index in [4.69, 9.17) is 11.6 Å². The molecule has 2 aromatic heterocycles. The van der Waals surface area contributed by atoms with Gasteiger partial charge in [0, 0.05) is 35.6 Å². The van der Waals surface area contributed by atoms with E-state index < -0.39 is 0 Å². The third kappa shape index (κ3) is 3.88. The van der Waals surface area contributed by atoms with Crippen molar-refractivity contribution < 1.29 is 5.11 Å². The highest BCUT2D eigenvalue weighted by molar-refractivity contribution is 6.30. The molecular weight excluding hydrogens is 312 g/mol. The molecule has 0 bridgehead atoms. The average molecular weight is 329 g/mol. The lowest BCUT2D eigenvalue weighted by atomic mass is 10.1. The smallest absolute Gasteiger partial charge is 0.125 e. The van der Waals surface area contributed by atoms with Crippen molar-refractivity contribution in [2.24, 2.45) is 0 Å². The van der Waals surface area contributed by atoms with Crippen LogP contribution in [0.4, 0.5) is 5.82 Å². The van der Waals surface area contributed by atoms with E-state index in [1.54, 1.807) is 10.9 Å². The quantitative estimate of drug-likeness (QED) is 0.729. The lowest BCUT2D eigenvalue weighted by Crippen LogP contribution is -2.10. The Kier molecular flexibility index (Phi) is 4.90. The number of hydrogen-bond acceptors (Lipinski definition) is 4. The van der Waals surface area contributed by atoms with Crippen LogP contribution in [0, 0.1) is 0 Å². The number of halogens is 1. The summed E-state index contributed by atoms with van der Waals surface area (Å²) in [5.74, 6) is 0.845. The van der Waals surface area contributed by atoms with Gasteiger partial charge in [-0.05, 0) is 23.8 Å². The molecule has 5 nitrogen and oxygen atoms in total. The molecule has 0 saturated carbocycles. The van der Waals surface area contributed by atoms with Gasteiger partial charge in [-0.1, -0.05) is 29.8 Å². The van der Waals surface area contributed by atoms with Crippen molar-refractivity contribution in [2.75, 3.05) is 11.9 Å². The highest BCUT2D eigenvalue weighted by Crippen LogP contribution is 2.24. The van der Waals surface area contributed by atoms with Crippen LogP contribution in [0.25, 0.3) is 11.3 Å². The number of rotatable bonds is 6. The fourth-order valence-corrected chi connectivity index (χ4v) is 2.50. The molecule has 2 N–H and O–H groups in total. The molecular formula is C17H17ClN4O. The van der Waals surface area contributed by atoms with Crippen LogP contribution in [0.15, 0.2) is 54.9 Å². The third-order valence-electron chi connectivity index (χ3n) is 3.41. The second-order valence-corrected chi connectivity index (χ2v) is 5.52. The molecule has 0 aliphatic rings. The summed E-state index contributed by atoms with van der Waals surface area (Å²) < 4.78 is 1.76. The molecule has 0 saturated heterocycles. The van der Waals surface area contributed by atoms with Crippen LogP contribution >= 0.6 is 11.6 Å².